The zero-order valence-electron chi connectivity index (χ0n) is 6.30. The number of aliphatic hydroxyl groups excluding tert-OH is 1. The number of carboxylic acids is 1. The monoisotopic (exact) mass is 174 g/mol. The molecule has 0 aromatic carbocycles. The largest absolute Gasteiger partial charge is 0.480 e. The van der Waals surface area contributed by atoms with Gasteiger partial charge in [0, 0.05) is 13.0 Å². The van der Waals surface area contributed by atoms with Crippen LogP contribution in [-0.2, 0) is 4.79 Å². The highest BCUT2D eigenvalue weighted by Crippen LogP contribution is 2.17. The van der Waals surface area contributed by atoms with Crippen molar-refractivity contribution in [1.29, 1.82) is 0 Å². The quantitative estimate of drug-likeness (QED) is 0.454. The van der Waals surface area contributed by atoms with E-state index in [1.807, 2.05) is 0 Å². The van der Waals surface area contributed by atoms with Crippen LogP contribution in [0.2, 0.25) is 0 Å². The topological polar surface area (TPSA) is 104 Å². The molecule has 1 saturated heterocycles. The van der Waals surface area contributed by atoms with Gasteiger partial charge in [0.25, 0.3) is 0 Å². The van der Waals surface area contributed by atoms with Gasteiger partial charge in [-0.15, -0.1) is 0 Å². The Morgan fingerprint density at radius 2 is 2.08 bits per heavy atom. The standard InChI is InChI=1S/C6H10N2O4/c7-6(12)8-2-3(9)1-4(8)5(10)11/h3-4,9H,1-2H2,(H2,7,12)(H,10,11)/t3-,4+/m0/s1. The van der Waals surface area contributed by atoms with Crippen LogP contribution in [0.15, 0.2) is 0 Å². The molecule has 4 N–H and O–H groups in total. The summed E-state index contributed by atoms with van der Waals surface area (Å²) in [6, 6.07) is -1.78. The molecule has 1 aliphatic heterocycles. The first-order chi connectivity index (χ1) is 5.52. The number of aliphatic carboxylic acids is 1. The normalized spacial score (nSPS) is 28.9. The van der Waals surface area contributed by atoms with Crippen molar-refractivity contribution in [3.63, 3.8) is 0 Å². The second-order valence-electron chi connectivity index (χ2n) is 2.73. The number of rotatable bonds is 1. The van der Waals surface area contributed by atoms with E-state index >= 15 is 0 Å². The lowest BCUT2D eigenvalue weighted by molar-refractivity contribution is -0.141. The van der Waals surface area contributed by atoms with Gasteiger partial charge in [-0.2, -0.15) is 0 Å². The van der Waals surface area contributed by atoms with Crippen LogP contribution in [0.25, 0.3) is 0 Å². The second-order valence-corrected chi connectivity index (χ2v) is 2.73. The summed E-state index contributed by atoms with van der Waals surface area (Å²) in [6.45, 7) is 0.00625. The SMILES string of the molecule is NC(=O)N1C[C@@H](O)C[C@@H]1C(=O)O. The molecule has 6 nitrogen and oxygen atoms in total. The Kier molecular flexibility index (Phi) is 2.18. The summed E-state index contributed by atoms with van der Waals surface area (Å²) >= 11 is 0. The van der Waals surface area contributed by atoms with Gasteiger partial charge in [-0.25, -0.2) is 9.59 Å². The molecule has 6 heteroatoms. The number of hydrogen-bond acceptors (Lipinski definition) is 3. The van der Waals surface area contributed by atoms with Gasteiger partial charge in [0.2, 0.25) is 0 Å². The molecule has 0 bridgehead atoms. The number of aliphatic hydroxyl groups is 1. The third-order valence-electron chi connectivity index (χ3n) is 1.85. The molecule has 1 aliphatic rings. The van der Waals surface area contributed by atoms with Crippen LogP contribution in [0.3, 0.4) is 0 Å². The van der Waals surface area contributed by atoms with Crippen LogP contribution >= 0.6 is 0 Å². The molecule has 1 heterocycles. The first-order valence-corrected chi connectivity index (χ1v) is 3.49. The highest BCUT2D eigenvalue weighted by molar-refractivity contribution is 5.82. The van der Waals surface area contributed by atoms with Crippen molar-refractivity contribution in [2.75, 3.05) is 6.54 Å². The van der Waals surface area contributed by atoms with Gasteiger partial charge in [-0.3, -0.25) is 0 Å². The van der Waals surface area contributed by atoms with E-state index < -0.39 is 24.1 Å². The summed E-state index contributed by atoms with van der Waals surface area (Å²) in [5.74, 6) is -1.13. The maximum atomic E-state index is 10.6. The van der Waals surface area contributed by atoms with Crippen LogP contribution in [0.1, 0.15) is 6.42 Å². The molecule has 12 heavy (non-hydrogen) atoms. The van der Waals surface area contributed by atoms with Crippen molar-refractivity contribution in [3.8, 4) is 0 Å². The lowest BCUT2D eigenvalue weighted by atomic mass is 10.2. The van der Waals surface area contributed by atoms with Crippen molar-refractivity contribution in [1.82, 2.24) is 4.90 Å². The average Bonchev–Trinajstić information content (AvgIpc) is 2.31. The number of likely N-dealkylation sites (tertiary alicyclic amines) is 1. The lowest BCUT2D eigenvalue weighted by Gasteiger charge is -2.17. The number of urea groups is 1. The Labute approximate surface area is 68.6 Å². The number of amides is 2. The van der Waals surface area contributed by atoms with Crippen LogP contribution in [0, 0.1) is 0 Å². The van der Waals surface area contributed by atoms with E-state index in [2.05, 4.69) is 0 Å². The van der Waals surface area contributed by atoms with E-state index in [-0.39, 0.29) is 13.0 Å². The molecule has 0 radical (unpaired) electrons. The molecule has 2 amide bonds. The summed E-state index contributed by atoms with van der Waals surface area (Å²) in [7, 11) is 0. The number of nitrogens with two attached hydrogens (primary N) is 1. The summed E-state index contributed by atoms with van der Waals surface area (Å²) in [4.78, 5) is 22.1. The molecule has 0 unspecified atom stereocenters. The minimum atomic E-state index is -1.13. The van der Waals surface area contributed by atoms with Gasteiger partial charge in [-0.05, 0) is 0 Å². The van der Waals surface area contributed by atoms with Crippen LogP contribution in [0.4, 0.5) is 4.79 Å². The van der Waals surface area contributed by atoms with Gasteiger partial charge in [0.15, 0.2) is 0 Å². The minimum Gasteiger partial charge on any atom is -0.480 e. The molecule has 0 spiro atoms. The predicted octanol–water partition coefficient (Wildman–Crippen LogP) is -1.42. The molecule has 0 aliphatic carbocycles. The molecule has 0 aromatic heterocycles. The number of nitrogens with zero attached hydrogens (tertiary/aromatic N) is 1. The van der Waals surface area contributed by atoms with Crippen molar-refractivity contribution >= 4 is 12.0 Å². The first-order valence-electron chi connectivity index (χ1n) is 3.49. The van der Waals surface area contributed by atoms with E-state index in [4.69, 9.17) is 15.9 Å². The lowest BCUT2D eigenvalue weighted by Crippen LogP contribution is -2.43. The summed E-state index contributed by atoms with van der Waals surface area (Å²) in [5.41, 5.74) is 4.90. The Morgan fingerprint density at radius 3 is 2.42 bits per heavy atom. The van der Waals surface area contributed by atoms with Gasteiger partial charge in [0.1, 0.15) is 6.04 Å². The van der Waals surface area contributed by atoms with Crippen molar-refractivity contribution in [2.45, 2.75) is 18.6 Å². The molecular weight excluding hydrogens is 164 g/mol. The van der Waals surface area contributed by atoms with E-state index in [0.717, 1.165) is 4.90 Å². The average molecular weight is 174 g/mol. The highest BCUT2D eigenvalue weighted by Gasteiger charge is 2.37. The van der Waals surface area contributed by atoms with Crippen LogP contribution in [-0.4, -0.2) is 45.8 Å². The molecule has 1 rings (SSSR count). The summed E-state index contributed by atoms with van der Waals surface area (Å²) < 4.78 is 0. The number of carbonyl (C=O) groups excluding carboxylic acids is 1. The number of primary amides is 1. The van der Waals surface area contributed by atoms with Crippen molar-refractivity contribution in [2.24, 2.45) is 5.73 Å². The third-order valence-corrected chi connectivity index (χ3v) is 1.85. The smallest absolute Gasteiger partial charge is 0.326 e. The molecular formula is C6H10N2O4. The molecule has 0 saturated carbocycles. The number of β-amino-alcohol motifs (C(OH)–C–C–N with tert-alkyl or cyclic N) is 1. The zero-order chi connectivity index (χ0) is 9.30. The molecule has 0 aromatic rings. The maximum absolute atomic E-state index is 10.6. The van der Waals surface area contributed by atoms with Crippen LogP contribution < -0.4 is 5.73 Å². The fraction of sp³-hybridized carbons (Fsp3) is 0.667. The fourth-order valence-corrected chi connectivity index (χ4v) is 1.29. The molecule has 2 atom stereocenters. The third kappa shape index (κ3) is 1.48. The minimum absolute atomic E-state index is 0.00625. The maximum Gasteiger partial charge on any atom is 0.326 e. The number of carbonyl (C=O) groups is 2. The van der Waals surface area contributed by atoms with Gasteiger partial charge in [0.05, 0.1) is 6.10 Å². The van der Waals surface area contributed by atoms with Crippen molar-refractivity contribution in [3.05, 3.63) is 0 Å². The fourth-order valence-electron chi connectivity index (χ4n) is 1.29. The van der Waals surface area contributed by atoms with E-state index in [9.17, 15) is 9.59 Å². The van der Waals surface area contributed by atoms with Gasteiger partial charge < -0.3 is 20.8 Å². The Bertz CT molecular complexity index is 196. The van der Waals surface area contributed by atoms with Gasteiger partial charge in [-0.1, -0.05) is 0 Å². The zero-order valence-corrected chi connectivity index (χ0v) is 6.30. The summed E-state index contributed by atoms with van der Waals surface area (Å²) in [5, 5.41) is 17.6. The van der Waals surface area contributed by atoms with E-state index in [0.29, 0.717) is 0 Å². The highest BCUT2D eigenvalue weighted by atomic mass is 16.4. The van der Waals surface area contributed by atoms with Crippen molar-refractivity contribution < 1.29 is 19.8 Å². The molecule has 1 fully saturated rings. The Balaban J connectivity index is 2.72. The number of carboxylic acid groups (broad SMARTS) is 1. The van der Waals surface area contributed by atoms with E-state index in [1.165, 1.54) is 0 Å². The van der Waals surface area contributed by atoms with E-state index in [1.54, 1.807) is 0 Å². The Hall–Kier alpha value is -1.30. The number of hydrogen-bond donors (Lipinski definition) is 3. The second kappa shape index (κ2) is 2.98. The summed E-state index contributed by atoms with van der Waals surface area (Å²) in [6.07, 6.45) is -0.725. The van der Waals surface area contributed by atoms with Crippen LogP contribution in [0.5, 0.6) is 0 Å². The Morgan fingerprint density at radius 1 is 1.50 bits per heavy atom. The predicted molar refractivity (Wildman–Crippen MR) is 38.3 cm³/mol. The van der Waals surface area contributed by atoms with Gasteiger partial charge >= 0.3 is 12.0 Å². The first kappa shape index (κ1) is 8.79. The molecule has 68 valence electrons.